The molecule has 4 rings (SSSR count). The number of amides is 1. The van der Waals surface area contributed by atoms with Crippen molar-refractivity contribution in [3.05, 3.63) is 94.5 Å². The SMILES string of the molecule is O=C(NS(=O)(=O)c1cc(F)c(OCC2CNCCC2c2ccc(Cl)cc2)cc1F)c1ccccc1. The van der Waals surface area contributed by atoms with Crippen LogP contribution in [0.1, 0.15) is 28.3 Å². The lowest BCUT2D eigenvalue weighted by molar-refractivity contribution is 0.0981. The maximum atomic E-state index is 14.7. The van der Waals surface area contributed by atoms with E-state index in [0.717, 1.165) is 18.5 Å². The van der Waals surface area contributed by atoms with Crippen molar-refractivity contribution in [3.63, 3.8) is 0 Å². The van der Waals surface area contributed by atoms with Gasteiger partial charge in [-0.05, 0) is 48.7 Å². The summed E-state index contributed by atoms with van der Waals surface area (Å²) in [6.07, 6.45) is 0.838. The van der Waals surface area contributed by atoms with E-state index in [1.165, 1.54) is 12.1 Å². The van der Waals surface area contributed by atoms with E-state index in [1.807, 2.05) is 24.3 Å². The van der Waals surface area contributed by atoms with Crippen LogP contribution in [0.2, 0.25) is 5.02 Å². The molecule has 0 aromatic heterocycles. The topological polar surface area (TPSA) is 84.5 Å². The molecule has 2 unspecified atom stereocenters. The summed E-state index contributed by atoms with van der Waals surface area (Å²) in [4.78, 5) is 11.2. The average molecular weight is 521 g/mol. The van der Waals surface area contributed by atoms with Gasteiger partial charge in [0.2, 0.25) is 0 Å². The van der Waals surface area contributed by atoms with Gasteiger partial charge in [0.15, 0.2) is 11.6 Å². The summed E-state index contributed by atoms with van der Waals surface area (Å²) >= 11 is 5.98. The quantitative estimate of drug-likeness (QED) is 0.479. The predicted molar refractivity (Wildman–Crippen MR) is 128 cm³/mol. The molecule has 10 heteroatoms. The third kappa shape index (κ3) is 5.98. The van der Waals surface area contributed by atoms with Crippen LogP contribution in [-0.2, 0) is 10.0 Å². The second-order valence-electron chi connectivity index (χ2n) is 8.24. The van der Waals surface area contributed by atoms with E-state index in [1.54, 1.807) is 22.9 Å². The molecule has 1 aliphatic rings. The van der Waals surface area contributed by atoms with Crippen molar-refractivity contribution in [2.45, 2.75) is 17.2 Å². The number of nitrogens with one attached hydrogen (secondary N) is 2. The Morgan fingerprint density at radius 2 is 1.77 bits per heavy atom. The summed E-state index contributed by atoms with van der Waals surface area (Å²) in [7, 11) is -4.65. The van der Waals surface area contributed by atoms with Gasteiger partial charge in [-0.2, -0.15) is 0 Å². The summed E-state index contributed by atoms with van der Waals surface area (Å²) in [5, 5.41) is 3.90. The van der Waals surface area contributed by atoms with Crippen molar-refractivity contribution in [2.75, 3.05) is 19.7 Å². The summed E-state index contributed by atoms with van der Waals surface area (Å²) in [6.45, 7) is 1.52. The molecule has 1 fully saturated rings. The van der Waals surface area contributed by atoms with E-state index in [-0.39, 0.29) is 24.0 Å². The number of hydrogen-bond donors (Lipinski definition) is 2. The third-order valence-electron chi connectivity index (χ3n) is 5.90. The van der Waals surface area contributed by atoms with Gasteiger partial charge in [-0.15, -0.1) is 0 Å². The Hall–Kier alpha value is -3.01. The fraction of sp³-hybridized carbons (Fsp3) is 0.240. The number of carbonyl (C=O) groups excluding carboxylic acids is 1. The van der Waals surface area contributed by atoms with Crippen molar-refractivity contribution in [1.29, 1.82) is 0 Å². The first kappa shape index (κ1) is 25.1. The maximum Gasteiger partial charge on any atom is 0.267 e. The largest absolute Gasteiger partial charge is 0.490 e. The van der Waals surface area contributed by atoms with Crippen molar-refractivity contribution in [3.8, 4) is 5.75 Å². The maximum absolute atomic E-state index is 14.7. The van der Waals surface area contributed by atoms with Crippen LogP contribution >= 0.6 is 11.6 Å². The van der Waals surface area contributed by atoms with E-state index in [4.69, 9.17) is 16.3 Å². The molecular weight excluding hydrogens is 498 g/mol. The zero-order chi connectivity index (χ0) is 25.0. The number of halogens is 3. The second kappa shape index (κ2) is 10.7. The van der Waals surface area contributed by atoms with Crippen LogP contribution in [0.25, 0.3) is 0 Å². The van der Waals surface area contributed by atoms with Crippen molar-refractivity contribution < 1.29 is 26.7 Å². The molecule has 3 aromatic carbocycles. The molecule has 1 saturated heterocycles. The van der Waals surface area contributed by atoms with Gasteiger partial charge < -0.3 is 10.1 Å². The van der Waals surface area contributed by atoms with Crippen LogP contribution in [0.5, 0.6) is 5.75 Å². The Labute approximate surface area is 207 Å². The van der Waals surface area contributed by atoms with Gasteiger partial charge in [-0.25, -0.2) is 21.9 Å². The van der Waals surface area contributed by atoms with E-state index in [0.29, 0.717) is 23.7 Å². The minimum absolute atomic E-state index is 0.0269. The third-order valence-corrected chi connectivity index (χ3v) is 7.50. The molecule has 3 aromatic rings. The minimum Gasteiger partial charge on any atom is -0.490 e. The molecule has 2 N–H and O–H groups in total. The van der Waals surface area contributed by atoms with Crippen LogP contribution < -0.4 is 14.8 Å². The van der Waals surface area contributed by atoms with E-state index in [2.05, 4.69) is 5.32 Å². The Morgan fingerprint density at radius 1 is 1.06 bits per heavy atom. The smallest absolute Gasteiger partial charge is 0.267 e. The Bertz CT molecular complexity index is 1310. The first-order chi connectivity index (χ1) is 16.7. The van der Waals surface area contributed by atoms with E-state index >= 15 is 0 Å². The summed E-state index contributed by atoms with van der Waals surface area (Å²) < 4.78 is 61.9. The zero-order valence-corrected chi connectivity index (χ0v) is 20.1. The first-order valence-electron chi connectivity index (χ1n) is 10.9. The van der Waals surface area contributed by atoms with Crippen molar-refractivity contribution >= 4 is 27.5 Å². The Kier molecular flexibility index (Phi) is 7.69. The van der Waals surface area contributed by atoms with Crippen LogP contribution in [0, 0.1) is 17.6 Å². The number of carbonyl (C=O) groups is 1. The summed E-state index contributed by atoms with van der Waals surface area (Å²) in [6, 6.07) is 16.2. The first-order valence-corrected chi connectivity index (χ1v) is 12.8. The molecule has 0 radical (unpaired) electrons. The summed E-state index contributed by atoms with van der Waals surface area (Å²) in [5.74, 6) is -3.54. The van der Waals surface area contributed by atoms with Gasteiger partial charge in [-0.1, -0.05) is 41.9 Å². The van der Waals surface area contributed by atoms with Crippen molar-refractivity contribution in [1.82, 2.24) is 10.0 Å². The lowest BCUT2D eigenvalue weighted by atomic mass is 9.81. The van der Waals surface area contributed by atoms with Crippen LogP contribution in [0.3, 0.4) is 0 Å². The molecule has 0 bridgehead atoms. The van der Waals surface area contributed by atoms with E-state index < -0.39 is 38.2 Å². The molecule has 1 aliphatic heterocycles. The normalized spacial score (nSPS) is 18.1. The van der Waals surface area contributed by atoms with Crippen LogP contribution in [0.15, 0.2) is 71.6 Å². The molecule has 6 nitrogen and oxygen atoms in total. The molecular formula is C25H23ClF2N2O4S. The van der Waals surface area contributed by atoms with Gasteiger partial charge >= 0.3 is 0 Å². The lowest BCUT2D eigenvalue weighted by Crippen LogP contribution is -2.38. The second-order valence-corrected chi connectivity index (χ2v) is 10.3. The molecule has 1 heterocycles. The molecule has 0 aliphatic carbocycles. The minimum atomic E-state index is -4.65. The highest BCUT2D eigenvalue weighted by Gasteiger charge is 2.29. The number of hydrogen-bond acceptors (Lipinski definition) is 5. The lowest BCUT2D eigenvalue weighted by Gasteiger charge is -2.32. The molecule has 1 amide bonds. The zero-order valence-electron chi connectivity index (χ0n) is 18.5. The standard InChI is InChI=1S/C25H23ClF2N2O4S/c26-19-8-6-16(7-9-19)20-10-11-29-14-18(20)15-34-23-12-22(28)24(13-21(23)27)35(32,33)30-25(31)17-4-2-1-3-5-17/h1-9,12-13,18,20,29H,10-11,14-15H2,(H,30,31). The predicted octanol–water partition coefficient (Wildman–Crippen LogP) is 4.51. The van der Waals surface area contributed by atoms with Gasteiger partial charge in [0.05, 0.1) is 6.61 Å². The highest BCUT2D eigenvalue weighted by molar-refractivity contribution is 7.90. The molecule has 0 saturated carbocycles. The van der Waals surface area contributed by atoms with Crippen LogP contribution in [-0.4, -0.2) is 34.0 Å². The van der Waals surface area contributed by atoms with Gasteiger partial charge in [0, 0.05) is 35.2 Å². The number of benzene rings is 3. The highest BCUT2D eigenvalue weighted by Crippen LogP contribution is 2.32. The molecule has 184 valence electrons. The van der Waals surface area contributed by atoms with Gasteiger partial charge in [0.25, 0.3) is 15.9 Å². The fourth-order valence-corrected chi connectivity index (χ4v) is 5.27. The number of ether oxygens (including phenoxy) is 1. The summed E-state index contributed by atoms with van der Waals surface area (Å²) in [5.41, 5.74) is 1.14. The van der Waals surface area contributed by atoms with Gasteiger partial charge in [0.1, 0.15) is 10.7 Å². The van der Waals surface area contributed by atoms with Crippen LogP contribution in [0.4, 0.5) is 8.78 Å². The number of rotatable bonds is 7. The fourth-order valence-electron chi connectivity index (χ4n) is 4.10. The average Bonchev–Trinajstić information content (AvgIpc) is 2.85. The number of piperidine rings is 1. The monoisotopic (exact) mass is 520 g/mol. The molecule has 35 heavy (non-hydrogen) atoms. The molecule has 0 spiro atoms. The highest BCUT2D eigenvalue weighted by atomic mass is 35.5. The Balaban J connectivity index is 1.48. The van der Waals surface area contributed by atoms with Gasteiger partial charge in [-0.3, -0.25) is 4.79 Å². The number of sulfonamides is 1. The van der Waals surface area contributed by atoms with Crippen molar-refractivity contribution in [2.24, 2.45) is 5.92 Å². The van der Waals surface area contributed by atoms with E-state index in [9.17, 15) is 22.0 Å². The molecule has 2 atom stereocenters. The Morgan fingerprint density at radius 3 is 2.49 bits per heavy atom.